The van der Waals surface area contributed by atoms with Crippen molar-refractivity contribution >= 4 is 17.2 Å². The zero-order valence-electron chi connectivity index (χ0n) is 16.0. The number of benzene rings is 1. The van der Waals surface area contributed by atoms with Crippen LogP contribution in [0.3, 0.4) is 0 Å². The molecule has 27 heavy (non-hydrogen) atoms. The first-order valence-corrected chi connectivity index (χ1v) is 9.99. The Morgan fingerprint density at radius 3 is 2.74 bits per heavy atom. The maximum Gasteiger partial charge on any atom is 0.251 e. The number of unbranched alkanes of at least 4 members (excludes halogenated alkanes) is 1. The topological polar surface area (TPSA) is 70.1 Å². The number of methoxy groups -OCH3 is 1. The quantitative estimate of drug-likeness (QED) is 0.626. The molecule has 0 saturated heterocycles. The zero-order valence-corrected chi connectivity index (χ0v) is 16.8. The van der Waals surface area contributed by atoms with Gasteiger partial charge in [0.1, 0.15) is 10.8 Å². The van der Waals surface area contributed by atoms with Gasteiger partial charge in [-0.15, -0.1) is 11.3 Å². The minimum atomic E-state index is -0.408. The molecule has 0 unspecified atom stereocenters. The van der Waals surface area contributed by atoms with Gasteiger partial charge in [-0.25, -0.2) is 4.98 Å². The van der Waals surface area contributed by atoms with Crippen molar-refractivity contribution in [1.82, 2.24) is 9.55 Å². The van der Waals surface area contributed by atoms with E-state index in [0.717, 1.165) is 52.5 Å². The Labute approximate surface area is 163 Å². The Bertz CT molecular complexity index is 929. The first-order chi connectivity index (χ1) is 13.1. The van der Waals surface area contributed by atoms with Crippen molar-refractivity contribution in [1.29, 1.82) is 0 Å². The fraction of sp³-hybridized carbons (Fsp3) is 0.333. The van der Waals surface area contributed by atoms with E-state index in [-0.39, 0.29) is 0 Å². The van der Waals surface area contributed by atoms with Crippen molar-refractivity contribution in [2.45, 2.75) is 39.7 Å². The molecule has 5 nitrogen and oxygen atoms in total. The molecule has 2 aromatic heterocycles. The number of aromatic nitrogens is 2. The highest BCUT2D eigenvalue weighted by atomic mass is 32.1. The summed E-state index contributed by atoms with van der Waals surface area (Å²) in [6.07, 6.45) is 4.74. The van der Waals surface area contributed by atoms with Crippen LogP contribution in [0.1, 0.15) is 47.1 Å². The van der Waals surface area contributed by atoms with E-state index in [9.17, 15) is 4.79 Å². The number of hydrogen-bond donors (Lipinski definition) is 1. The van der Waals surface area contributed by atoms with Crippen LogP contribution in [0, 0.1) is 6.92 Å². The Balaban J connectivity index is 2.20. The van der Waals surface area contributed by atoms with Gasteiger partial charge >= 0.3 is 0 Å². The standard InChI is InChI=1S/C21H25N3O2S/c1-4-5-9-16-19(21-23-11-12-27-21)18(20(22)25)14(2)24(16)13-15-8-6-7-10-17(15)26-3/h6-8,10-12H,4-5,9,13H2,1-3H3,(H2,22,25). The smallest absolute Gasteiger partial charge is 0.251 e. The molecule has 6 heteroatoms. The Morgan fingerprint density at radius 1 is 1.33 bits per heavy atom. The molecular weight excluding hydrogens is 358 g/mol. The predicted molar refractivity (Wildman–Crippen MR) is 110 cm³/mol. The molecule has 0 fully saturated rings. The highest BCUT2D eigenvalue weighted by molar-refractivity contribution is 7.13. The van der Waals surface area contributed by atoms with Gasteiger partial charge in [0.05, 0.1) is 19.2 Å². The van der Waals surface area contributed by atoms with Crippen LogP contribution in [0.4, 0.5) is 0 Å². The summed E-state index contributed by atoms with van der Waals surface area (Å²) >= 11 is 1.53. The molecule has 3 rings (SSSR count). The third kappa shape index (κ3) is 3.76. The summed E-state index contributed by atoms with van der Waals surface area (Å²) in [5.41, 5.74) is 10.3. The number of nitrogens with zero attached hydrogens (tertiary/aromatic N) is 2. The molecule has 2 N–H and O–H groups in total. The molecule has 0 saturated carbocycles. The number of nitrogens with two attached hydrogens (primary N) is 1. The first-order valence-electron chi connectivity index (χ1n) is 9.12. The molecule has 0 aliphatic carbocycles. The highest BCUT2D eigenvalue weighted by Gasteiger charge is 2.26. The number of amides is 1. The summed E-state index contributed by atoms with van der Waals surface area (Å²) in [5.74, 6) is 0.428. The lowest BCUT2D eigenvalue weighted by atomic mass is 10.1. The van der Waals surface area contributed by atoms with Crippen LogP contribution in [-0.4, -0.2) is 22.6 Å². The number of hydrogen-bond acceptors (Lipinski definition) is 4. The maximum absolute atomic E-state index is 12.3. The number of para-hydroxylation sites is 1. The minimum Gasteiger partial charge on any atom is -0.496 e. The lowest BCUT2D eigenvalue weighted by molar-refractivity contribution is 0.1000. The second-order valence-electron chi connectivity index (χ2n) is 6.49. The predicted octanol–water partition coefficient (Wildman–Crippen LogP) is 4.42. The molecule has 1 aromatic carbocycles. The molecule has 3 aromatic rings. The molecule has 1 amide bonds. The molecule has 142 valence electrons. The fourth-order valence-corrected chi connectivity index (χ4v) is 4.21. The summed E-state index contributed by atoms with van der Waals surface area (Å²) < 4.78 is 7.72. The monoisotopic (exact) mass is 383 g/mol. The highest BCUT2D eigenvalue weighted by Crippen LogP contribution is 2.36. The Morgan fingerprint density at radius 2 is 2.11 bits per heavy atom. The second-order valence-corrected chi connectivity index (χ2v) is 7.38. The van der Waals surface area contributed by atoms with Gasteiger partial charge < -0.3 is 15.0 Å². The van der Waals surface area contributed by atoms with Crippen LogP contribution < -0.4 is 10.5 Å². The lowest BCUT2D eigenvalue weighted by Crippen LogP contribution is -2.13. The van der Waals surface area contributed by atoms with Crippen molar-refractivity contribution < 1.29 is 9.53 Å². The largest absolute Gasteiger partial charge is 0.496 e. The average Bonchev–Trinajstić information content (AvgIpc) is 3.28. The van der Waals surface area contributed by atoms with Gasteiger partial charge in [-0.2, -0.15) is 0 Å². The van der Waals surface area contributed by atoms with E-state index in [1.165, 1.54) is 11.3 Å². The second kappa shape index (κ2) is 8.39. The number of thiazole rings is 1. The molecule has 0 radical (unpaired) electrons. The van der Waals surface area contributed by atoms with E-state index in [0.29, 0.717) is 12.1 Å². The van der Waals surface area contributed by atoms with Gasteiger partial charge in [-0.05, 0) is 25.8 Å². The number of primary amides is 1. The van der Waals surface area contributed by atoms with Crippen LogP contribution in [0.25, 0.3) is 10.6 Å². The first kappa shape index (κ1) is 19.2. The van der Waals surface area contributed by atoms with Crippen LogP contribution >= 0.6 is 11.3 Å². The van der Waals surface area contributed by atoms with E-state index in [1.807, 2.05) is 30.5 Å². The van der Waals surface area contributed by atoms with Gasteiger partial charge in [0.25, 0.3) is 5.91 Å². The molecule has 0 aliphatic heterocycles. The van der Waals surface area contributed by atoms with E-state index < -0.39 is 5.91 Å². The van der Waals surface area contributed by atoms with Gasteiger partial charge in [-0.1, -0.05) is 31.5 Å². The third-order valence-corrected chi connectivity index (χ3v) is 5.60. The summed E-state index contributed by atoms with van der Waals surface area (Å²) in [4.78, 5) is 16.8. The SMILES string of the molecule is CCCCc1c(-c2nccs2)c(C(N)=O)c(C)n1Cc1ccccc1OC. The van der Waals surface area contributed by atoms with Gasteiger partial charge in [0.2, 0.25) is 0 Å². The summed E-state index contributed by atoms with van der Waals surface area (Å²) in [6, 6.07) is 7.96. The van der Waals surface area contributed by atoms with Crippen molar-refractivity contribution in [3.8, 4) is 16.3 Å². The molecule has 0 bridgehead atoms. The van der Waals surface area contributed by atoms with Gasteiger partial charge in [-0.3, -0.25) is 4.79 Å². The molecule has 2 heterocycles. The van der Waals surface area contributed by atoms with E-state index in [4.69, 9.17) is 10.5 Å². The van der Waals surface area contributed by atoms with Crippen LogP contribution in [0.2, 0.25) is 0 Å². The summed E-state index contributed by atoms with van der Waals surface area (Å²) in [6.45, 7) is 4.75. The van der Waals surface area contributed by atoms with E-state index in [1.54, 1.807) is 13.3 Å². The summed E-state index contributed by atoms with van der Waals surface area (Å²) in [5, 5.41) is 2.77. The normalized spacial score (nSPS) is 10.9. The zero-order chi connectivity index (χ0) is 19.4. The summed E-state index contributed by atoms with van der Waals surface area (Å²) in [7, 11) is 1.68. The number of ether oxygens (including phenoxy) is 1. The van der Waals surface area contributed by atoms with Gasteiger partial charge in [0.15, 0.2) is 0 Å². The lowest BCUT2D eigenvalue weighted by Gasteiger charge is -2.15. The number of rotatable bonds is 8. The van der Waals surface area contributed by atoms with E-state index in [2.05, 4.69) is 22.5 Å². The molecular formula is C21H25N3O2S. The van der Waals surface area contributed by atoms with Crippen molar-refractivity contribution in [3.05, 3.63) is 58.4 Å². The van der Waals surface area contributed by atoms with E-state index >= 15 is 0 Å². The molecule has 0 atom stereocenters. The molecule has 0 aliphatic rings. The van der Waals surface area contributed by atoms with Crippen LogP contribution in [0.5, 0.6) is 5.75 Å². The minimum absolute atomic E-state index is 0.408. The Kier molecular flexibility index (Phi) is 5.96. The van der Waals surface area contributed by atoms with Crippen molar-refractivity contribution in [2.24, 2.45) is 5.73 Å². The van der Waals surface area contributed by atoms with Crippen LogP contribution in [-0.2, 0) is 13.0 Å². The maximum atomic E-state index is 12.3. The van der Waals surface area contributed by atoms with Crippen molar-refractivity contribution in [2.75, 3.05) is 7.11 Å². The van der Waals surface area contributed by atoms with Gasteiger partial charge in [0, 0.05) is 34.1 Å². The average molecular weight is 384 g/mol. The number of carbonyl (C=O) groups is 1. The Hall–Kier alpha value is -2.60. The fourth-order valence-electron chi connectivity index (χ4n) is 3.50. The number of carbonyl (C=O) groups excluding carboxylic acids is 1. The van der Waals surface area contributed by atoms with Crippen molar-refractivity contribution in [3.63, 3.8) is 0 Å². The van der Waals surface area contributed by atoms with Crippen LogP contribution in [0.15, 0.2) is 35.8 Å². The third-order valence-electron chi connectivity index (χ3n) is 4.81. The molecule has 0 spiro atoms.